The van der Waals surface area contributed by atoms with E-state index >= 15 is 0 Å². The van der Waals surface area contributed by atoms with E-state index in [1.165, 1.54) is 29.5 Å². The van der Waals surface area contributed by atoms with Gasteiger partial charge in [-0.2, -0.15) is 0 Å². The minimum atomic E-state index is -0.456. The fourth-order valence-electron chi connectivity index (χ4n) is 2.35. The molecule has 0 spiro atoms. The number of hydrogen-bond acceptors (Lipinski definition) is 6. The standard InChI is InChI=1S/C18H17N5O3S/c24-16(19-11-10-13-4-2-1-3-5-13)12-27-18-20-17(21-22-18)14-6-8-15(9-7-14)23(25)26/h1-9H,10-12H2,(H,19,24)(H,20,21,22). The zero-order valence-corrected chi connectivity index (χ0v) is 15.1. The molecule has 0 bridgehead atoms. The van der Waals surface area contributed by atoms with Gasteiger partial charge in [0.25, 0.3) is 5.69 Å². The Morgan fingerprint density at radius 2 is 1.89 bits per heavy atom. The molecule has 0 unspecified atom stereocenters. The summed E-state index contributed by atoms with van der Waals surface area (Å²) in [6.07, 6.45) is 0.780. The second-order valence-corrected chi connectivity index (χ2v) is 6.59. The number of carbonyl (C=O) groups is 1. The van der Waals surface area contributed by atoms with E-state index in [-0.39, 0.29) is 17.3 Å². The van der Waals surface area contributed by atoms with E-state index in [0.29, 0.717) is 23.1 Å². The molecule has 2 N–H and O–H groups in total. The van der Waals surface area contributed by atoms with Crippen molar-refractivity contribution in [2.75, 3.05) is 12.3 Å². The highest BCUT2D eigenvalue weighted by atomic mass is 32.2. The SMILES string of the molecule is O=C(CSc1n[nH]c(-c2ccc([N+](=O)[O-])cc2)n1)NCCc1ccccc1. The Labute approximate surface area is 159 Å². The summed E-state index contributed by atoms with van der Waals surface area (Å²) in [4.78, 5) is 26.5. The van der Waals surface area contributed by atoms with Gasteiger partial charge < -0.3 is 5.32 Å². The van der Waals surface area contributed by atoms with Crippen LogP contribution in [0.15, 0.2) is 59.8 Å². The number of aromatic nitrogens is 3. The lowest BCUT2D eigenvalue weighted by Crippen LogP contribution is -2.27. The number of nitrogens with one attached hydrogen (secondary N) is 2. The third-order valence-electron chi connectivity index (χ3n) is 3.73. The topological polar surface area (TPSA) is 114 Å². The van der Waals surface area contributed by atoms with Crippen molar-refractivity contribution in [2.24, 2.45) is 0 Å². The number of benzene rings is 2. The van der Waals surface area contributed by atoms with Crippen LogP contribution in [0, 0.1) is 10.1 Å². The predicted octanol–water partition coefficient (Wildman–Crippen LogP) is 2.83. The molecule has 27 heavy (non-hydrogen) atoms. The number of thioether (sulfide) groups is 1. The first kappa shape index (κ1) is 18.6. The fourth-order valence-corrected chi connectivity index (χ4v) is 2.98. The van der Waals surface area contributed by atoms with Crippen LogP contribution in [-0.2, 0) is 11.2 Å². The molecular formula is C18H17N5O3S. The summed E-state index contributed by atoms with van der Waals surface area (Å²) in [6, 6.07) is 16.0. The summed E-state index contributed by atoms with van der Waals surface area (Å²) in [5.74, 6) is 0.626. The van der Waals surface area contributed by atoms with Crippen molar-refractivity contribution >= 4 is 23.4 Å². The molecule has 9 heteroatoms. The van der Waals surface area contributed by atoms with E-state index in [1.807, 2.05) is 30.3 Å². The predicted molar refractivity (Wildman–Crippen MR) is 102 cm³/mol. The lowest BCUT2D eigenvalue weighted by molar-refractivity contribution is -0.384. The first-order chi connectivity index (χ1) is 13.1. The Kier molecular flexibility index (Phi) is 6.16. The average molecular weight is 383 g/mol. The highest BCUT2D eigenvalue weighted by Crippen LogP contribution is 2.21. The van der Waals surface area contributed by atoms with Gasteiger partial charge in [0.1, 0.15) is 0 Å². The number of nitrogens with zero attached hydrogens (tertiary/aromatic N) is 3. The van der Waals surface area contributed by atoms with Crippen molar-refractivity contribution in [3.8, 4) is 11.4 Å². The third-order valence-corrected chi connectivity index (χ3v) is 4.57. The van der Waals surface area contributed by atoms with Gasteiger partial charge in [-0.15, -0.1) is 5.10 Å². The molecule has 8 nitrogen and oxygen atoms in total. The molecule has 3 aromatic rings. The maximum atomic E-state index is 11.9. The van der Waals surface area contributed by atoms with Gasteiger partial charge in [0.05, 0.1) is 10.7 Å². The molecule has 0 radical (unpaired) electrons. The third kappa shape index (κ3) is 5.38. The van der Waals surface area contributed by atoms with E-state index in [0.717, 1.165) is 6.42 Å². The van der Waals surface area contributed by atoms with Gasteiger partial charge in [0.15, 0.2) is 5.82 Å². The van der Waals surface area contributed by atoms with E-state index < -0.39 is 4.92 Å². The van der Waals surface area contributed by atoms with Crippen LogP contribution in [0.5, 0.6) is 0 Å². The monoisotopic (exact) mass is 383 g/mol. The molecular weight excluding hydrogens is 366 g/mol. The number of nitro benzene ring substituents is 1. The molecule has 0 aliphatic rings. The van der Waals surface area contributed by atoms with Crippen molar-refractivity contribution in [1.29, 1.82) is 0 Å². The maximum Gasteiger partial charge on any atom is 0.269 e. The molecule has 2 aromatic carbocycles. The number of aromatic amines is 1. The van der Waals surface area contributed by atoms with Crippen LogP contribution in [-0.4, -0.2) is 38.3 Å². The molecule has 0 saturated carbocycles. The zero-order chi connectivity index (χ0) is 19.1. The fraction of sp³-hybridized carbons (Fsp3) is 0.167. The second kappa shape index (κ2) is 8.95. The average Bonchev–Trinajstić information content (AvgIpc) is 3.16. The van der Waals surface area contributed by atoms with Crippen LogP contribution in [0.25, 0.3) is 11.4 Å². The van der Waals surface area contributed by atoms with Crippen LogP contribution in [0.2, 0.25) is 0 Å². The van der Waals surface area contributed by atoms with E-state index in [4.69, 9.17) is 0 Å². The molecule has 1 amide bonds. The van der Waals surface area contributed by atoms with Gasteiger partial charge in [-0.3, -0.25) is 20.0 Å². The van der Waals surface area contributed by atoms with Crippen molar-refractivity contribution in [1.82, 2.24) is 20.5 Å². The molecule has 138 valence electrons. The van der Waals surface area contributed by atoms with Crippen molar-refractivity contribution in [3.05, 3.63) is 70.3 Å². The minimum Gasteiger partial charge on any atom is -0.355 e. The summed E-state index contributed by atoms with van der Waals surface area (Å²) in [5, 5.41) is 20.8. The molecule has 3 rings (SSSR count). The number of nitro groups is 1. The summed E-state index contributed by atoms with van der Waals surface area (Å²) in [7, 11) is 0. The van der Waals surface area contributed by atoms with Crippen LogP contribution >= 0.6 is 11.8 Å². The number of H-pyrrole nitrogens is 1. The van der Waals surface area contributed by atoms with Gasteiger partial charge in [0.2, 0.25) is 11.1 Å². The van der Waals surface area contributed by atoms with E-state index in [9.17, 15) is 14.9 Å². The van der Waals surface area contributed by atoms with Gasteiger partial charge in [0, 0.05) is 24.2 Å². The summed E-state index contributed by atoms with van der Waals surface area (Å²) >= 11 is 1.22. The summed E-state index contributed by atoms with van der Waals surface area (Å²) < 4.78 is 0. The lowest BCUT2D eigenvalue weighted by Gasteiger charge is -2.04. The molecule has 0 aliphatic heterocycles. The molecule has 0 aliphatic carbocycles. The highest BCUT2D eigenvalue weighted by molar-refractivity contribution is 7.99. The minimum absolute atomic E-state index is 0.0139. The van der Waals surface area contributed by atoms with E-state index in [1.54, 1.807) is 12.1 Å². The number of carbonyl (C=O) groups excluding carboxylic acids is 1. The molecule has 0 fully saturated rings. The Morgan fingerprint density at radius 1 is 1.15 bits per heavy atom. The maximum absolute atomic E-state index is 11.9. The van der Waals surface area contributed by atoms with Crippen LogP contribution in [0.3, 0.4) is 0 Å². The van der Waals surface area contributed by atoms with Gasteiger partial charge >= 0.3 is 0 Å². The van der Waals surface area contributed by atoms with Gasteiger partial charge in [-0.05, 0) is 24.1 Å². The van der Waals surface area contributed by atoms with Crippen molar-refractivity contribution in [2.45, 2.75) is 11.6 Å². The Balaban J connectivity index is 1.46. The lowest BCUT2D eigenvalue weighted by atomic mass is 10.1. The first-order valence-corrected chi connectivity index (χ1v) is 9.21. The highest BCUT2D eigenvalue weighted by Gasteiger charge is 2.10. The number of rotatable bonds is 8. The first-order valence-electron chi connectivity index (χ1n) is 8.22. The largest absolute Gasteiger partial charge is 0.355 e. The van der Waals surface area contributed by atoms with Crippen molar-refractivity contribution < 1.29 is 9.72 Å². The normalized spacial score (nSPS) is 10.5. The number of non-ortho nitro benzene ring substituents is 1. The second-order valence-electron chi connectivity index (χ2n) is 5.64. The summed E-state index contributed by atoms with van der Waals surface area (Å²) in [5.41, 5.74) is 1.87. The number of hydrogen-bond donors (Lipinski definition) is 2. The summed E-state index contributed by atoms with van der Waals surface area (Å²) in [6.45, 7) is 0.575. The van der Waals surface area contributed by atoms with Crippen molar-refractivity contribution in [3.63, 3.8) is 0 Å². The molecule has 0 atom stereocenters. The van der Waals surface area contributed by atoms with Gasteiger partial charge in [-0.25, -0.2) is 4.98 Å². The number of amides is 1. The van der Waals surface area contributed by atoms with Gasteiger partial charge in [-0.1, -0.05) is 42.1 Å². The zero-order valence-electron chi connectivity index (χ0n) is 14.3. The van der Waals surface area contributed by atoms with Crippen LogP contribution in [0.1, 0.15) is 5.56 Å². The Morgan fingerprint density at radius 3 is 2.59 bits per heavy atom. The smallest absolute Gasteiger partial charge is 0.269 e. The Bertz CT molecular complexity index is 912. The van der Waals surface area contributed by atoms with Crippen LogP contribution < -0.4 is 5.32 Å². The molecule has 1 heterocycles. The van der Waals surface area contributed by atoms with E-state index in [2.05, 4.69) is 20.5 Å². The molecule has 0 saturated heterocycles. The molecule has 1 aromatic heterocycles. The quantitative estimate of drug-likeness (QED) is 0.351. The van der Waals surface area contributed by atoms with Crippen LogP contribution in [0.4, 0.5) is 5.69 Å². The Hall–Kier alpha value is -3.20.